The van der Waals surface area contributed by atoms with Gasteiger partial charge in [0.05, 0.1) is 6.10 Å². The zero-order valence-corrected chi connectivity index (χ0v) is 10.1. The van der Waals surface area contributed by atoms with Crippen LogP contribution in [0, 0.1) is 5.82 Å². The van der Waals surface area contributed by atoms with Crippen molar-refractivity contribution < 1.29 is 9.50 Å². The Morgan fingerprint density at radius 3 is 2.38 bits per heavy atom. The Balaban J connectivity index is 2.66. The lowest BCUT2D eigenvalue weighted by atomic mass is 9.94. The molecule has 2 nitrogen and oxygen atoms in total. The van der Waals surface area contributed by atoms with E-state index in [-0.39, 0.29) is 17.5 Å². The van der Waals surface area contributed by atoms with Crippen LogP contribution in [0.5, 0.6) is 0 Å². The highest BCUT2D eigenvalue weighted by atomic mass is 19.1. The largest absolute Gasteiger partial charge is 0.392 e. The Bertz CT molecular complexity index is 321. The summed E-state index contributed by atoms with van der Waals surface area (Å²) in [4.78, 5) is 0. The maximum absolute atomic E-state index is 12.8. The van der Waals surface area contributed by atoms with Gasteiger partial charge >= 0.3 is 0 Å². The molecule has 0 aliphatic rings. The smallest absolute Gasteiger partial charge is 0.123 e. The molecule has 1 aromatic carbocycles. The van der Waals surface area contributed by atoms with Gasteiger partial charge in [-0.05, 0) is 38.0 Å². The van der Waals surface area contributed by atoms with Crippen molar-refractivity contribution in [3.8, 4) is 0 Å². The van der Waals surface area contributed by atoms with Crippen molar-refractivity contribution in [3.63, 3.8) is 0 Å². The number of rotatable bonds is 5. The third kappa shape index (κ3) is 3.58. The van der Waals surface area contributed by atoms with Gasteiger partial charge in [0.25, 0.3) is 0 Å². The van der Waals surface area contributed by atoms with Gasteiger partial charge in [-0.1, -0.05) is 19.1 Å². The molecule has 0 bridgehead atoms. The molecule has 90 valence electrons. The molecule has 0 amide bonds. The van der Waals surface area contributed by atoms with E-state index in [2.05, 4.69) is 5.32 Å². The zero-order chi connectivity index (χ0) is 12.2. The number of hydrogen-bond donors (Lipinski definition) is 2. The van der Waals surface area contributed by atoms with Crippen LogP contribution in [0.15, 0.2) is 24.3 Å². The van der Waals surface area contributed by atoms with Crippen LogP contribution < -0.4 is 5.32 Å². The fraction of sp³-hybridized carbons (Fsp3) is 0.538. The van der Waals surface area contributed by atoms with Crippen molar-refractivity contribution in [1.29, 1.82) is 0 Å². The van der Waals surface area contributed by atoms with E-state index in [4.69, 9.17) is 0 Å². The Hall–Kier alpha value is -0.930. The third-order valence-electron chi connectivity index (χ3n) is 2.82. The first-order valence-corrected chi connectivity index (χ1v) is 5.65. The summed E-state index contributed by atoms with van der Waals surface area (Å²) in [7, 11) is 0. The van der Waals surface area contributed by atoms with Crippen LogP contribution in [0.3, 0.4) is 0 Å². The maximum Gasteiger partial charge on any atom is 0.123 e. The minimum absolute atomic E-state index is 0.229. The zero-order valence-electron chi connectivity index (χ0n) is 10.1. The first kappa shape index (κ1) is 13.1. The Kier molecular flexibility index (Phi) is 4.44. The number of hydrogen-bond acceptors (Lipinski definition) is 2. The maximum atomic E-state index is 12.8. The van der Waals surface area contributed by atoms with Crippen LogP contribution in [-0.4, -0.2) is 17.8 Å². The van der Waals surface area contributed by atoms with Gasteiger partial charge in [-0.2, -0.15) is 0 Å². The predicted molar refractivity (Wildman–Crippen MR) is 63.7 cm³/mol. The lowest BCUT2D eigenvalue weighted by Crippen LogP contribution is -2.41. The number of aliphatic hydroxyl groups is 1. The fourth-order valence-corrected chi connectivity index (χ4v) is 1.49. The topological polar surface area (TPSA) is 32.3 Å². The summed E-state index contributed by atoms with van der Waals surface area (Å²) in [5, 5.41) is 12.8. The van der Waals surface area contributed by atoms with E-state index in [1.807, 2.05) is 20.8 Å². The molecular formula is C13H20FNO. The summed E-state index contributed by atoms with van der Waals surface area (Å²) < 4.78 is 12.8. The highest BCUT2D eigenvalue weighted by Crippen LogP contribution is 2.20. The molecule has 0 unspecified atom stereocenters. The highest BCUT2D eigenvalue weighted by molar-refractivity contribution is 5.23. The molecule has 2 N–H and O–H groups in total. The van der Waals surface area contributed by atoms with Gasteiger partial charge in [-0.15, -0.1) is 0 Å². The van der Waals surface area contributed by atoms with Crippen molar-refractivity contribution in [2.45, 2.75) is 38.8 Å². The van der Waals surface area contributed by atoms with E-state index in [1.54, 1.807) is 12.1 Å². The van der Waals surface area contributed by atoms with Crippen molar-refractivity contribution in [3.05, 3.63) is 35.6 Å². The molecule has 0 spiro atoms. The predicted octanol–water partition coefficient (Wildman–Crippen LogP) is 2.42. The lowest BCUT2D eigenvalue weighted by Gasteiger charge is -2.28. The molecule has 1 atom stereocenters. The second kappa shape index (κ2) is 5.41. The second-order valence-electron chi connectivity index (χ2n) is 4.57. The van der Waals surface area contributed by atoms with Gasteiger partial charge in [-0.25, -0.2) is 4.39 Å². The molecule has 0 aliphatic carbocycles. The summed E-state index contributed by atoms with van der Waals surface area (Å²) >= 11 is 0. The molecule has 0 aliphatic heterocycles. The molecule has 1 aromatic rings. The quantitative estimate of drug-likeness (QED) is 0.806. The van der Waals surface area contributed by atoms with Crippen molar-refractivity contribution >= 4 is 0 Å². The molecule has 1 rings (SSSR count). The van der Waals surface area contributed by atoms with Gasteiger partial charge < -0.3 is 10.4 Å². The summed E-state index contributed by atoms with van der Waals surface area (Å²) in [6, 6.07) is 6.44. The van der Waals surface area contributed by atoms with Gasteiger partial charge in [0.1, 0.15) is 5.82 Å². The normalized spacial score (nSPS) is 13.8. The van der Waals surface area contributed by atoms with Gasteiger partial charge in [-0.3, -0.25) is 0 Å². The standard InChI is InChI=1S/C13H20FNO/c1-4-12(16)9-15-13(2,3)10-5-7-11(14)8-6-10/h5-8,12,15-16H,4,9H2,1-3H3/t12-/m1/s1. The van der Waals surface area contributed by atoms with Crippen LogP contribution in [-0.2, 0) is 5.54 Å². The second-order valence-corrected chi connectivity index (χ2v) is 4.57. The summed E-state index contributed by atoms with van der Waals surface area (Å²) in [5.74, 6) is -0.229. The molecule has 0 heterocycles. The Morgan fingerprint density at radius 2 is 1.88 bits per heavy atom. The van der Waals surface area contributed by atoms with Crippen LogP contribution in [0.4, 0.5) is 4.39 Å². The molecule has 0 saturated heterocycles. The van der Waals surface area contributed by atoms with Crippen molar-refractivity contribution in [1.82, 2.24) is 5.32 Å². The van der Waals surface area contributed by atoms with Crippen molar-refractivity contribution in [2.75, 3.05) is 6.54 Å². The molecule has 3 heteroatoms. The van der Waals surface area contributed by atoms with E-state index >= 15 is 0 Å². The van der Waals surface area contributed by atoms with Gasteiger partial charge in [0, 0.05) is 12.1 Å². The fourth-order valence-electron chi connectivity index (χ4n) is 1.49. The van der Waals surface area contributed by atoms with E-state index in [0.29, 0.717) is 6.54 Å². The van der Waals surface area contributed by atoms with Crippen LogP contribution in [0.2, 0.25) is 0 Å². The van der Waals surface area contributed by atoms with Crippen LogP contribution >= 0.6 is 0 Å². The van der Waals surface area contributed by atoms with E-state index < -0.39 is 0 Å². The van der Waals surface area contributed by atoms with Crippen LogP contribution in [0.25, 0.3) is 0 Å². The SMILES string of the molecule is CC[C@@H](O)CNC(C)(C)c1ccc(F)cc1. The first-order valence-electron chi connectivity index (χ1n) is 5.65. The number of halogens is 1. The Labute approximate surface area is 96.5 Å². The third-order valence-corrected chi connectivity index (χ3v) is 2.82. The first-order chi connectivity index (χ1) is 7.45. The van der Waals surface area contributed by atoms with Crippen molar-refractivity contribution in [2.24, 2.45) is 0 Å². The monoisotopic (exact) mass is 225 g/mol. The number of nitrogens with one attached hydrogen (secondary N) is 1. The Morgan fingerprint density at radius 1 is 1.31 bits per heavy atom. The highest BCUT2D eigenvalue weighted by Gasteiger charge is 2.20. The molecule has 0 saturated carbocycles. The molecule has 0 radical (unpaired) electrons. The van der Waals surface area contributed by atoms with Crippen LogP contribution in [0.1, 0.15) is 32.8 Å². The minimum Gasteiger partial charge on any atom is -0.392 e. The average molecular weight is 225 g/mol. The lowest BCUT2D eigenvalue weighted by molar-refractivity contribution is 0.154. The number of benzene rings is 1. The molecule has 16 heavy (non-hydrogen) atoms. The molecule has 0 fully saturated rings. The van der Waals surface area contributed by atoms with Gasteiger partial charge in [0.2, 0.25) is 0 Å². The molecule has 0 aromatic heterocycles. The summed E-state index contributed by atoms with van der Waals surface area (Å²) in [6.45, 7) is 6.52. The summed E-state index contributed by atoms with van der Waals surface area (Å²) in [5.41, 5.74) is 0.751. The minimum atomic E-state index is -0.334. The van der Waals surface area contributed by atoms with E-state index in [1.165, 1.54) is 12.1 Å². The van der Waals surface area contributed by atoms with Gasteiger partial charge in [0.15, 0.2) is 0 Å². The average Bonchev–Trinajstić information content (AvgIpc) is 2.26. The number of aliphatic hydroxyl groups excluding tert-OH is 1. The summed E-state index contributed by atoms with van der Waals surface area (Å²) in [6.07, 6.45) is 0.395. The van der Waals surface area contributed by atoms with E-state index in [0.717, 1.165) is 12.0 Å². The van der Waals surface area contributed by atoms with E-state index in [9.17, 15) is 9.50 Å². The molecular weight excluding hydrogens is 205 g/mol.